The van der Waals surface area contributed by atoms with Crippen LogP contribution in [0.15, 0.2) is 0 Å². The lowest BCUT2D eigenvalue weighted by atomic mass is 9.73. The van der Waals surface area contributed by atoms with Crippen LogP contribution >= 0.6 is 0 Å². The summed E-state index contributed by atoms with van der Waals surface area (Å²) in [7, 11) is 0. The number of rotatable bonds is 11. The maximum absolute atomic E-state index is 6.55. The van der Waals surface area contributed by atoms with Gasteiger partial charge >= 0.3 is 0 Å². The van der Waals surface area contributed by atoms with Crippen molar-refractivity contribution in [1.29, 1.82) is 0 Å². The van der Waals surface area contributed by atoms with Crippen LogP contribution in [0.5, 0.6) is 0 Å². The fourth-order valence-corrected chi connectivity index (χ4v) is 7.38. The Balaban J connectivity index is 1.35. The summed E-state index contributed by atoms with van der Waals surface area (Å²) < 4.78 is 24.0. The van der Waals surface area contributed by atoms with Gasteiger partial charge in [-0.1, -0.05) is 78.1 Å². The van der Waals surface area contributed by atoms with Crippen LogP contribution in [0.3, 0.4) is 0 Å². The third-order valence-electron chi connectivity index (χ3n) is 10.6. The summed E-state index contributed by atoms with van der Waals surface area (Å²) in [6.45, 7) is 11.9. The molecule has 4 fully saturated rings. The molecule has 4 nitrogen and oxygen atoms in total. The van der Waals surface area contributed by atoms with E-state index in [0.717, 1.165) is 76.5 Å². The average molecular weight is 507 g/mol. The summed E-state index contributed by atoms with van der Waals surface area (Å²) in [5.74, 6) is 3.20. The highest BCUT2D eigenvalue weighted by Gasteiger charge is 2.39. The van der Waals surface area contributed by atoms with E-state index in [2.05, 4.69) is 13.8 Å². The van der Waals surface area contributed by atoms with Gasteiger partial charge in [0.1, 0.15) is 0 Å². The van der Waals surface area contributed by atoms with E-state index in [1.165, 1.54) is 103 Å². The zero-order chi connectivity index (χ0) is 25.1. The van der Waals surface area contributed by atoms with Crippen LogP contribution in [-0.4, -0.2) is 52.9 Å². The number of ether oxygens (including phenoxy) is 4. The van der Waals surface area contributed by atoms with E-state index >= 15 is 0 Å². The normalized spacial score (nSPS) is 32.0. The van der Waals surface area contributed by atoms with E-state index in [1.54, 1.807) is 0 Å². The van der Waals surface area contributed by atoms with Crippen LogP contribution in [0.25, 0.3) is 0 Å². The van der Waals surface area contributed by atoms with Gasteiger partial charge in [0, 0.05) is 24.0 Å². The zero-order valence-electron chi connectivity index (χ0n) is 23.9. The number of hydrogen-bond acceptors (Lipinski definition) is 4. The highest BCUT2D eigenvalue weighted by Crippen LogP contribution is 2.41. The van der Waals surface area contributed by atoms with Gasteiger partial charge in [0.2, 0.25) is 0 Å². The van der Waals surface area contributed by atoms with Crippen LogP contribution in [-0.2, 0) is 18.9 Å². The molecule has 0 bridgehead atoms. The molecule has 2 aliphatic heterocycles. The van der Waals surface area contributed by atoms with E-state index < -0.39 is 0 Å². The maximum atomic E-state index is 6.55. The lowest BCUT2D eigenvalue weighted by molar-refractivity contribution is -0.154. The molecule has 4 rings (SSSR count). The standard InChI is InChI=1S/C32H58O4/c1-3-31(23-35-24-31)21-33-19-27-13-11-12-16-29(20-34-22-32(4-2)25-36-26-32)30(18-17-27)28-14-9-7-5-6-8-10-15-28/h27-30H,3-26H2,1-2H3. The van der Waals surface area contributed by atoms with Crippen molar-refractivity contribution in [2.45, 2.75) is 117 Å². The summed E-state index contributed by atoms with van der Waals surface area (Å²) in [4.78, 5) is 0. The molecule has 0 aromatic rings. The molecule has 0 N–H and O–H groups in total. The molecule has 0 aromatic carbocycles. The predicted octanol–water partition coefficient (Wildman–Crippen LogP) is 7.83. The molecule has 2 saturated heterocycles. The van der Waals surface area contributed by atoms with Gasteiger partial charge in [-0.15, -0.1) is 0 Å². The molecule has 36 heavy (non-hydrogen) atoms. The van der Waals surface area contributed by atoms with Gasteiger partial charge in [0.25, 0.3) is 0 Å². The van der Waals surface area contributed by atoms with Crippen LogP contribution < -0.4 is 0 Å². The highest BCUT2D eigenvalue weighted by atomic mass is 16.5. The molecule has 4 aliphatic rings. The summed E-state index contributed by atoms with van der Waals surface area (Å²) in [5.41, 5.74) is 0.609. The molecule has 0 radical (unpaired) electrons. The van der Waals surface area contributed by atoms with Crippen LogP contribution in [0.2, 0.25) is 0 Å². The lowest BCUT2D eigenvalue weighted by Gasteiger charge is -2.41. The van der Waals surface area contributed by atoms with E-state index in [9.17, 15) is 0 Å². The second kappa shape index (κ2) is 14.8. The van der Waals surface area contributed by atoms with Gasteiger partial charge < -0.3 is 18.9 Å². The molecule has 2 saturated carbocycles. The summed E-state index contributed by atoms with van der Waals surface area (Å²) in [6.07, 6.45) is 22.1. The van der Waals surface area contributed by atoms with Crippen LogP contribution in [0.1, 0.15) is 117 Å². The molecule has 210 valence electrons. The maximum Gasteiger partial charge on any atom is 0.0566 e. The third-order valence-corrected chi connectivity index (χ3v) is 10.6. The first kappa shape index (κ1) is 28.8. The fourth-order valence-electron chi connectivity index (χ4n) is 7.38. The van der Waals surface area contributed by atoms with Crippen molar-refractivity contribution in [3.8, 4) is 0 Å². The van der Waals surface area contributed by atoms with Gasteiger partial charge in [0.15, 0.2) is 0 Å². The third kappa shape index (κ3) is 8.17. The smallest absolute Gasteiger partial charge is 0.0566 e. The Morgan fingerprint density at radius 1 is 0.583 bits per heavy atom. The van der Waals surface area contributed by atoms with Gasteiger partial charge in [-0.3, -0.25) is 0 Å². The molecule has 0 amide bonds. The first-order valence-corrected chi connectivity index (χ1v) is 16.0. The Kier molecular flexibility index (Phi) is 11.9. The second-order valence-electron chi connectivity index (χ2n) is 13.3. The first-order valence-electron chi connectivity index (χ1n) is 16.0. The summed E-state index contributed by atoms with van der Waals surface area (Å²) in [6, 6.07) is 0. The van der Waals surface area contributed by atoms with Crippen molar-refractivity contribution in [3.05, 3.63) is 0 Å². The van der Waals surface area contributed by atoms with Crippen molar-refractivity contribution in [2.75, 3.05) is 52.9 Å². The van der Waals surface area contributed by atoms with Crippen molar-refractivity contribution in [2.24, 2.45) is 34.5 Å². The average Bonchev–Trinajstić information content (AvgIpc) is 3.04. The van der Waals surface area contributed by atoms with Crippen molar-refractivity contribution >= 4 is 0 Å². The minimum atomic E-state index is 0.302. The van der Waals surface area contributed by atoms with Gasteiger partial charge in [0.05, 0.1) is 39.6 Å². The molecule has 0 aromatic heterocycles. The quantitative estimate of drug-likeness (QED) is 0.286. The molecule has 2 heterocycles. The van der Waals surface area contributed by atoms with Crippen molar-refractivity contribution in [1.82, 2.24) is 0 Å². The van der Waals surface area contributed by atoms with Gasteiger partial charge in [-0.25, -0.2) is 0 Å². The molecule has 3 atom stereocenters. The van der Waals surface area contributed by atoms with E-state index in [4.69, 9.17) is 18.9 Å². The first-order chi connectivity index (χ1) is 17.7. The molecule has 4 heteroatoms. The molecule has 3 unspecified atom stereocenters. The minimum absolute atomic E-state index is 0.302. The van der Waals surface area contributed by atoms with Gasteiger partial charge in [-0.05, 0) is 62.2 Å². The molecular weight excluding hydrogens is 448 g/mol. The topological polar surface area (TPSA) is 36.9 Å². The molecule has 2 aliphatic carbocycles. The zero-order valence-corrected chi connectivity index (χ0v) is 23.9. The second-order valence-corrected chi connectivity index (χ2v) is 13.3. The Bertz CT molecular complexity index is 578. The van der Waals surface area contributed by atoms with E-state index in [1.807, 2.05) is 0 Å². The highest BCUT2D eigenvalue weighted by molar-refractivity contribution is 4.86. The molecule has 0 spiro atoms. The fraction of sp³-hybridized carbons (Fsp3) is 1.00. The van der Waals surface area contributed by atoms with Crippen LogP contribution in [0, 0.1) is 34.5 Å². The summed E-state index contributed by atoms with van der Waals surface area (Å²) >= 11 is 0. The Hall–Kier alpha value is -0.160. The van der Waals surface area contributed by atoms with E-state index in [-0.39, 0.29) is 0 Å². The monoisotopic (exact) mass is 506 g/mol. The minimum Gasteiger partial charge on any atom is -0.380 e. The van der Waals surface area contributed by atoms with Gasteiger partial charge in [-0.2, -0.15) is 0 Å². The molecular formula is C32H58O4. The number of hydrogen-bond donors (Lipinski definition) is 0. The van der Waals surface area contributed by atoms with E-state index in [0.29, 0.717) is 10.8 Å². The van der Waals surface area contributed by atoms with Crippen molar-refractivity contribution < 1.29 is 18.9 Å². The Labute approximate surface area is 222 Å². The summed E-state index contributed by atoms with van der Waals surface area (Å²) in [5, 5.41) is 0. The lowest BCUT2D eigenvalue weighted by Crippen LogP contribution is -2.46. The SMILES string of the molecule is CCC1(COCC2CCCCC(COCC3(CC)COC3)C(C3CCCCCCCC3)CC2)COC1. The van der Waals surface area contributed by atoms with Crippen molar-refractivity contribution in [3.63, 3.8) is 0 Å². The Morgan fingerprint density at radius 2 is 1.11 bits per heavy atom. The predicted molar refractivity (Wildman–Crippen MR) is 147 cm³/mol. The Morgan fingerprint density at radius 3 is 1.67 bits per heavy atom. The van der Waals surface area contributed by atoms with Crippen LogP contribution in [0.4, 0.5) is 0 Å². The largest absolute Gasteiger partial charge is 0.380 e.